The van der Waals surface area contributed by atoms with E-state index in [0.29, 0.717) is 27.8 Å². The first-order valence-electron chi connectivity index (χ1n) is 16.0. The Hall–Kier alpha value is -7.33. The molecule has 7 aromatic rings. The Morgan fingerprint density at radius 2 is 1.16 bits per heavy atom. The molecule has 7 rings (SSSR count). The standard InChI is InChI=1S/C41H29N7O3/c49-35(21-18-29-11-4-1-5-12-29)46-41-44-28-25-34-38(32-17-10-26-42-39(32)47(34)41)33-24-27-43-40(45-33)48(36(50)22-19-30-13-6-2-7-14-30)37(51)23-20-31-15-8-3-9-16-31/h1-28H,(H,44,46,49)/b21-18+,22-19+,23-20+. The van der Waals surface area contributed by atoms with Gasteiger partial charge in [-0.15, -0.1) is 0 Å². The van der Waals surface area contributed by atoms with E-state index in [-0.39, 0.29) is 17.8 Å². The average Bonchev–Trinajstić information content (AvgIpc) is 3.52. The highest BCUT2D eigenvalue weighted by atomic mass is 16.2. The fourth-order valence-electron chi connectivity index (χ4n) is 5.50. The Morgan fingerprint density at radius 3 is 1.76 bits per heavy atom. The molecule has 0 bridgehead atoms. The van der Waals surface area contributed by atoms with Gasteiger partial charge in [0, 0.05) is 47.8 Å². The van der Waals surface area contributed by atoms with Crippen LogP contribution >= 0.6 is 0 Å². The molecule has 246 valence electrons. The molecule has 4 aromatic heterocycles. The molecule has 1 N–H and O–H groups in total. The van der Waals surface area contributed by atoms with E-state index < -0.39 is 11.8 Å². The molecule has 0 radical (unpaired) electrons. The van der Waals surface area contributed by atoms with Crippen LogP contribution in [0.4, 0.5) is 11.9 Å². The lowest BCUT2D eigenvalue weighted by molar-refractivity contribution is -0.121. The molecule has 0 aliphatic carbocycles. The summed E-state index contributed by atoms with van der Waals surface area (Å²) in [7, 11) is 0. The van der Waals surface area contributed by atoms with Gasteiger partial charge < -0.3 is 0 Å². The number of carbonyl (C=O) groups is 3. The van der Waals surface area contributed by atoms with Crippen molar-refractivity contribution in [3.05, 3.63) is 169 Å². The van der Waals surface area contributed by atoms with Crippen molar-refractivity contribution in [2.45, 2.75) is 0 Å². The molecule has 0 aliphatic heterocycles. The summed E-state index contributed by atoms with van der Waals surface area (Å²) in [5.41, 5.74) is 4.71. The minimum Gasteiger partial charge on any atom is -0.292 e. The number of benzene rings is 3. The fraction of sp³-hybridized carbons (Fsp3) is 0. The van der Waals surface area contributed by atoms with Crippen molar-refractivity contribution in [1.82, 2.24) is 24.3 Å². The van der Waals surface area contributed by atoms with Crippen LogP contribution in [0.25, 0.3) is 46.0 Å². The third-order valence-electron chi connectivity index (χ3n) is 7.84. The molecule has 0 spiro atoms. The number of fused-ring (bicyclic) bond motifs is 3. The van der Waals surface area contributed by atoms with E-state index in [1.54, 1.807) is 53.2 Å². The maximum Gasteiger partial charge on any atom is 0.260 e. The zero-order valence-corrected chi connectivity index (χ0v) is 27.1. The number of nitrogens with zero attached hydrogens (tertiary/aromatic N) is 6. The first-order valence-corrected chi connectivity index (χ1v) is 16.0. The van der Waals surface area contributed by atoms with Gasteiger partial charge in [-0.2, -0.15) is 0 Å². The quantitative estimate of drug-likeness (QED) is 0.161. The van der Waals surface area contributed by atoms with Gasteiger partial charge >= 0.3 is 0 Å². The van der Waals surface area contributed by atoms with Gasteiger partial charge in [0.15, 0.2) is 0 Å². The van der Waals surface area contributed by atoms with Crippen molar-refractivity contribution in [2.75, 3.05) is 10.2 Å². The predicted molar refractivity (Wildman–Crippen MR) is 199 cm³/mol. The van der Waals surface area contributed by atoms with Crippen molar-refractivity contribution >= 4 is 64.4 Å². The minimum atomic E-state index is -0.621. The fourth-order valence-corrected chi connectivity index (χ4v) is 5.50. The second kappa shape index (κ2) is 14.8. The molecule has 10 nitrogen and oxygen atoms in total. The molecular weight excluding hydrogens is 638 g/mol. The van der Waals surface area contributed by atoms with Crippen LogP contribution in [0.3, 0.4) is 0 Å². The summed E-state index contributed by atoms with van der Waals surface area (Å²) in [6, 6.07) is 35.2. The molecule has 3 aromatic carbocycles. The highest BCUT2D eigenvalue weighted by Gasteiger charge is 2.25. The van der Waals surface area contributed by atoms with Gasteiger partial charge in [0.05, 0.1) is 11.2 Å². The number of anilines is 2. The van der Waals surface area contributed by atoms with Gasteiger partial charge in [0.2, 0.25) is 11.9 Å². The molecule has 0 saturated heterocycles. The second-order valence-electron chi connectivity index (χ2n) is 11.2. The third kappa shape index (κ3) is 7.25. The van der Waals surface area contributed by atoms with Crippen molar-refractivity contribution in [2.24, 2.45) is 0 Å². The molecule has 0 saturated carbocycles. The number of carbonyl (C=O) groups excluding carboxylic acids is 3. The maximum absolute atomic E-state index is 13.7. The summed E-state index contributed by atoms with van der Waals surface area (Å²) in [6.07, 6.45) is 13.8. The summed E-state index contributed by atoms with van der Waals surface area (Å²) >= 11 is 0. The lowest BCUT2D eigenvalue weighted by Crippen LogP contribution is -2.36. The van der Waals surface area contributed by atoms with Crippen molar-refractivity contribution in [1.29, 1.82) is 0 Å². The first kappa shape index (κ1) is 32.2. The lowest BCUT2D eigenvalue weighted by atomic mass is 10.1. The Morgan fingerprint density at radius 1 is 0.588 bits per heavy atom. The van der Waals surface area contributed by atoms with Crippen LogP contribution in [0.5, 0.6) is 0 Å². The number of nitrogens with one attached hydrogen (secondary N) is 1. The molecular formula is C41H29N7O3. The zero-order chi connectivity index (χ0) is 35.0. The van der Waals surface area contributed by atoms with Crippen molar-refractivity contribution in [3.63, 3.8) is 0 Å². The van der Waals surface area contributed by atoms with Gasteiger partial charge in [0.1, 0.15) is 5.65 Å². The van der Waals surface area contributed by atoms with Crippen LogP contribution in [0.2, 0.25) is 0 Å². The van der Waals surface area contributed by atoms with Crippen LogP contribution in [0.1, 0.15) is 16.7 Å². The van der Waals surface area contributed by atoms with Gasteiger partial charge in [-0.3, -0.25) is 24.1 Å². The minimum absolute atomic E-state index is 0.108. The average molecular weight is 668 g/mol. The largest absolute Gasteiger partial charge is 0.292 e. The lowest BCUT2D eigenvalue weighted by Gasteiger charge is -2.16. The molecule has 0 aliphatic rings. The number of rotatable bonds is 9. The summed E-state index contributed by atoms with van der Waals surface area (Å²) in [5.74, 6) is -1.47. The van der Waals surface area contributed by atoms with E-state index in [0.717, 1.165) is 21.6 Å². The normalized spacial score (nSPS) is 11.5. The molecule has 0 unspecified atom stereocenters. The van der Waals surface area contributed by atoms with Crippen LogP contribution in [0, 0.1) is 0 Å². The third-order valence-corrected chi connectivity index (χ3v) is 7.84. The van der Waals surface area contributed by atoms with Gasteiger partial charge in [0.25, 0.3) is 17.7 Å². The smallest absolute Gasteiger partial charge is 0.260 e. The molecule has 51 heavy (non-hydrogen) atoms. The van der Waals surface area contributed by atoms with Crippen LogP contribution < -0.4 is 10.2 Å². The van der Waals surface area contributed by atoms with E-state index in [9.17, 15) is 14.4 Å². The Kier molecular flexibility index (Phi) is 9.37. The number of amides is 3. The maximum atomic E-state index is 13.7. The van der Waals surface area contributed by atoms with Crippen LogP contribution in [0.15, 0.2) is 152 Å². The molecule has 0 atom stereocenters. The van der Waals surface area contributed by atoms with E-state index in [2.05, 4.69) is 20.3 Å². The highest BCUT2D eigenvalue weighted by Crippen LogP contribution is 2.35. The summed E-state index contributed by atoms with van der Waals surface area (Å²) in [5, 5.41) is 3.58. The zero-order valence-electron chi connectivity index (χ0n) is 27.1. The summed E-state index contributed by atoms with van der Waals surface area (Å²) in [4.78, 5) is 59.6. The number of pyridine rings is 1. The number of hydrogen-bond donors (Lipinski definition) is 1. The van der Waals surface area contributed by atoms with Crippen LogP contribution in [-0.4, -0.2) is 42.1 Å². The number of hydrogen-bond acceptors (Lipinski definition) is 7. The Balaban J connectivity index is 1.28. The summed E-state index contributed by atoms with van der Waals surface area (Å²) < 4.78 is 1.74. The van der Waals surface area contributed by atoms with Crippen molar-refractivity contribution < 1.29 is 14.4 Å². The molecule has 0 fully saturated rings. The second-order valence-corrected chi connectivity index (χ2v) is 11.2. The topological polar surface area (TPSA) is 122 Å². The first-order chi connectivity index (χ1) is 25.0. The van der Waals surface area contributed by atoms with E-state index in [1.165, 1.54) is 24.4 Å². The van der Waals surface area contributed by atoms with Gasteiger partial charge in [-0.25, -0.2) is 24.8 Å². The summed E-state index contributed by atoms with van der Waals surface area (Å²) in [6.45, 7) is 0. The monoisotopic (exact) mass is 667 g/mol. The highest BCUT2D eigenvalue weighted by molar-refractivity contribution is 6.22. The van der Waals surface area contributed by atoms with Gasteiger partial charge in [-0.05, 0) is 59.2 Å². The van der Waals surface area contributed by atoms with E-state index in [1.807, 2.05) is 97.1 Å². The molecule has 10 heteroatoms. The molecule has 3 amide bonds. The Bertz CT molecular complexity index is 2390. The Labute approximate surface area is 292 Å². The predicted octanol–water partition coefficient (Wildman–Crippen LogP) is 7.28. The van der Waals surface area contributed by atoms with Crippen LogP contribution in [-0.2, 0) is 14.4 Å². The van der Waals surface area contributed by atoms with Crippen molar-refractivity contribution in [3.8, 4) is 11.3 Å². The SMILES string of the molecule is O=C(/C=C/c1ccccc1)Nc1nccc2c(-c3ccnc(N(C(=O)/C=C/c4ccccc4)C(=O)/C=C/c4ccccc4)n3)c3cccnc3n12. The van der Waals surface area contributed by atoms with Gasteiger partial charge in [-0.1, -0.05) is 91.0 Å². The molecule has 4 heterocycles. The van der Waals surface area contributed by atoms with E-state index in [4.69, 9.17) is 4.98 Å². The number of aromatic nitrogens is 5. The number of imide groups is 1. The van der Waals surface area contributed by atoms with E-state index >= 15 is 0 Å².